The van der Waals surface area contributed by atoms with E-state index in [4.69, 9.17) is 8.97 Å². The van der Waals surface area contributed by atoms with Gasteiger partial charge in [-0.25, -0.2) is 0 Å². The van der Waals surface area contributed by atoms with E-state index in [1.807, 2.05) is 32.0 Å². The Balaban J connectivity index is 2.26. The lowest BCUT2D eigenvalue weighted by atomic mass is 10.1. The van der Waals surface area contributed by atoms with E-state index >= 15 is 0 Å². The summed E-state index contributed by atoms with van der Waals surface area (Å²) >= 11 is 0. The Labute approximate surface area is 106 Å². The first-order valence-electron chi connectivity index (χ1n) is 5.81. The van der Waals surface area contributed by atoms with Crippen LogP contribution in [-0.2, 0) is 16.5 Å². The molecule has 0 aliphatic carbocycles. The lowest BCUT2D eigenvalue weighted by molar-refractivity contribution is 0.481. The van der Waals surface area contributed by atoms with Crippen molar-refractivity contribution in [1.82, 2.24) is 0 Å². The molecule has 4 nitrogen and oxygen atoms in total. The van der Waals surface area contributed by atoms with Gasteiger partial charge in [0.1, 0.15) is 11.3 Å². The van der Waals surface area contributed by atoms with E-state index in [-0.39, 0.29) is 5.75 Å². The Morgan fingerprint density at radius 3 is 2.67 bits per heavy atom. The first kappa shape index (κ1) is 13.1. The Hall–Kier alpha value is -1.33. The van der Waals surface area contributed by atoms with Crippen molar-refractivity contribution >= 4 is 21.1 Å². The number of benzene rings is 1. The van der Waals surface area contributed by atoms with Crippen LogP contribution in [0.3, 0.4) is 0 Å². The summed E-state index contributed by atoms with van der Waals surface area (Å²) in [6.45, 7) is 3.92. The molecule has 2 rings (SSSR count). The molecule has 1 aromatic heterocycles. The first-order chi connectivity index (χ1) is 8.38. The maximum absolute atomic E-state index is 10.7. The van der Waals surface area contributed by atoms with E-state index in [0.717, 1.165) is 27.9 Å². The summed E-state index contributed by atoms with van der Waals surface area (Å²) in [7, 11) is -3.88. The van der Waals surface area contributed by atoms with Crippen molar-refractivity contribution in [2.45, 2.75) is 26.7 Å². The van der Waals surface area contributed by atoms with Gasteiger partial charge in [0.25, 0.3) is 10.1 Å². The van der Waals surface area contributed by atoms with Crippen molar-refractivity contribution in [3.63, 3.8) is 0 Å². The lowest BCUT2D eigenvalue weighted by Gasteiger charge is -2.01. The summed E-state index contributed by atoms with van der Waals surface area (Å²) in [6, 6.07) is 5.86. The Morgan fingerprint density at radius 2 is 2.00 bits per heavy atom. The van der Waals surface area contributed by atoms with Gasteiger partial charge in [0, 0.05) is 5.39 Å². The van der Waals surface area contributed by atoms with Gasteiger partial charge < -0.3 is 4.42 Å². The molecule has 2 aromatic rings. The van der Waals surface area contributed by atoms with Crippen LogP contribution in [0.2, 0.25) is 0 Å². The van der Waals surface area contributed by atoms with Gasteiger partial charge in [0.2, 0.25) is 0 Å². The highest BCUT2D eigenvalue weighted by Crippen LogP contribution is 2.28. The van der Waals surface area contributed by atoms with Crippen LogP contribution in [-0.4, -0.2) is 18.7 Å². The van der Waals surface area contributed by atoms with Gasteiger partial charge >= 0.3 is 0 Å². The van der Waals surface area contributed by atoms with E-state index in [1.54, 1.807) is 0 Å². The molecular formula is C13H16O4S. The van der Waals surface area contributed by atoms with E-state index in [1.165, 1.54) is 0 Å². The average Bonchev–Trinajstić information content (AvgIpc) is 2.55. The molecule has 0 fully saturated rings. The molecule has 0 bridgehead atoms. The third-order valence-electron chi connectivity index (χ3n) is 3.13. The minimum Gasteiger partial charge on any atom is -0.461 e. The largest absolute Gasteiger partial charge is 0.461 e. The van der Waals surface area contributed by atoms with E-state index in [0.29, 0.717) is 12.8 Å². The monoisotopic (exact) mass is 268 g/mol. The topological polar surface area (TPSA) is 67.5 Å². The number of aryl methyl sites for hydroxylation is 3. The highest BCUT2D eigenvalue weighted by atomic mass is 32.2. The van der Waals surface area contributed by atoms with Crippen molar-refractivity contribution in [3.8, 4) is 0 Å². The average molecular weight is 268 g/mol. The fourth-order valence-electron chi connectivity index (χ4n) is 2.06. The standard InChI is InChI=1S/C13H16O4S/c1-9-10(2)17-13-11(5-3-7-12(9)13)6-4-8-18(14,15)16/h3,5,7H,4,6,8H2,1-2H3,(H,14,15,16). The van der Waals surface area contributed by atoms with Crippen LogP contribution >= 0.6 is 0 Å². The van der Waals surface area contributed by atoms with E-state index < -0.39 is 10.1 Å². The summed E-state index contributed by atoms with van der Waals surface area (Å²) in [6.07, 6.45) is 0.959. The van der Waals surface area contributed by atoms with Crippen LogP contribution < -0.4 is 0 Å². The van der Waals surface area contributed by atoms with Gasteiger partial charge in [-0.2, -0.15) is 8.42 Å². The first-order valence-corrected chi connectivity index (χ1v) is 7.42. The van der Waals surface area contributed by atoms with Gasteiger partial charge in [-0.3, -0.25) is 4.55 Å². The molecule has 0 radical (unpaired) electrons. The van der Waals surface area contributed by atoms with Crippen molar-refractivity contribution in [3.05, 3.63) is 35.1 Å². The second kappa shape index (κ2) is 4.74. The fraction of sp³-hybridized carbons (Fsp3) is 0.385. The smallest absolute Gasteiger partial charge is 0.264 e. The molecule has 0 aliphatic heterocycles. The molecule has 0 saturated heterocycles. The zero-order valence-electron chi connectivity index (χ0n) is 10.4. The molecule has 0 unspecified atom stereocenters. The van der Waals surface area contributed by atoms with Crippen LogP contribution in [0, 0.1) is 13.8 Å². The van der Waals surface area contributed by atoms with Crippen LogP contribution in [0.25, 0.3) is 11.0 Å². The molecule has 1 heterocycles. The Kier molecular flexibility index (Phi) is 3.45. The zero-order chi connectivity index (χ0) is 13.3. The second-order valence-corrected chi connectivity index (χ2v) is 6.04. The maximum Gasteiger partial charge on any atom is 0.264 e. The molecule has 0 amide bonds. The molecule has 0 aliphatic rings. The minimum atomic E-state index is -3.88. The van der Waals surface area contributed by atoms with Gasteiger partial charge in [-0.05, 0) is 37.8 Å². The number of hydrogen-bond acceptors (Lipinski definition) is 3. The van der Waals surface area contributed by atoms with Gasteiger partial charge in [-0.15, -0.1) is 0 Å². The van der Waals surface area contributed by atoms with Gasteiger partial charge in [0.05, 0.1) is 5.75 Å². The summed E-state index contributed by atoms with van der Waals surface area (Å²) < 4.78 is 35.8. The molecule has 1 aromatic carbocycles. The SMILES string of the molecule is Cc1oc2c(CCCS(=O)(=O)O)cccc2c1C. The van der Waals surface area contributed by atoms with Crippen LogP contribution in [0.15, 0.2) is 22.6 Å². The van der Waals surface area contributed by atoms with Crippen LogP contribution in [0.5, 0.6) is 0 Å². The Bertz CT molecular complexity index is 668. The predicted molar refractivity (Wildman–Crippen MR) is 70.4 cm³/mol. The third kappa shape index (κ3) is 2.73. The zero-order valence-corrected chi connectivity index (χ0v) is 11.3. The van der Waals surface area contributed by atoms with Crippen molar-refractivity contribution in [1.29, 1.82) is 0 Å². The molecule has 0 saturated carbocycles. The highest BCUT2D eigenvalue weighted by molar-refractivity contribution is 7.85. The predicted octanol–water partition coefficient (Wildman–Crippen LogP) is 2.87. The van der Waals surface area contributed by atoms with Crippen molar-refractivity contribution < 1.29 is 17.4 Å². The number of hydrogen-bond donors (Lipinski definition) is 1. The number of fused-ring (bicyclic) bond motifs is 1. The van der Waals surface area contributed by atoms with Crippen molar-refractivity contribution in [2.24, 2.45) is 0 Å². The van der Waals surface area contributed by atoms with E-state index in [9.17, 15) is 8.42 Å². The fourth-order valence-corrected chi connectivity index (χ4v) is 2.57. The lowest BCUT2D eigenvalue weighted by Crippen LogP contribution is -2.04. The number of para-hydroxylation sites is 1. The quantitative estimate of drug-likeness (QED) is 0.866. The maximum atomic E-state index is 10.7. The molecule has 5 heteroatoms. The van der Waals surface area contributed by atoms with Crippen LogP contribution in [0.4, 0.5) is 0 Å². The third-order valence-corrected chi connectivity index (χ3v) is 3.94. The molecule has 98 valence electrons. The summed E-state index contributed by atoms with van der Waals surface area (Å²) in [5, 5.41) is 1.07. The summed E-state index contributed by atoms with van der Waals surface area (Å²) in [5.74, 6) is 0.662. The molecule has 18 heavy (non-hydrogen) atoms. The van der Waals surface area contributed by atoms with Crippen molar-refractivity contribution in [2.75, 3.05) is 5.75 Å². The van der Waals surface area contributed by atoms with Crippen LogP contribution in [0.1, 0.15) is 23.3 Å². The molecular weight excluding hydrogens is 252 g/mol. The number of furan rings is 1. The minimum absolute atomic E-state index is 0.220. The van der Waals surface area contributed by atoms with E-state index in [2.05, 4.69) is 0 Å². The Morgan fingerprint density at radius 1 is 1.28 bits per heavy atom. The van der Waals surface area contributed by atoms with Gasteiger partial charge in [0.15, 0.2) is 0 Å². The molecule has 0 atom stereocenters. The summed E-state index contributed by atoms with van der Waals surface area (Å²) in [5.41, 5.74) is 2.91. The summed E-state index contributed by atoms with van der Waals surface area (Å²) in [4.78, 5) is 0. The van der Waals surface area contributed by atoms with Gasteiger partial charge in [-0.1, -0.05) is 18.2 Å². The molecule has 1 N–H and O–H groups in total. The highest BCUT2D eigenvalue weighted by Gasteiger charge is 2.11. The molecule has 0 spiro atoms. The second-order valence-electron chi connectivity index (χ2n) is 4.47. The number of rotatable bonds is 4. The normalized spacial score (nSPS) is 12.2.